The summed E-state index contributed by atoms with van der Waals surface area (Å²) in [6, 6.07) is 6.58. The second kappa shape index (κ2) is 51.6. The van der Waals surface area contributed by atoms with Crippen molar-refractivity contribution in [2.45, 2.75) is 334 Å². The van der Waals surface area contributed by atoms with E-state index >= 15 is 0 Å². The minimum Gasteiger partial charge on any atom is -0.481 e. The number of carbonyl (C=O) groups is 12. The lowest BCUT2D eigenvalue weighted by atomic mass is 9.91. The second-order valence-electron chi connectivity index (χ2n) is 39.0. The third-order valence-corrected chi connectivity index (χ3v) is 24.4. The molecule has 1 aromatic heterocycles. The molecule has 0 bridgehead atoms. The Balaban J connectivity index is 0.000000232. The molecule has 129 heavy (non-hydrogen) atoms. The molecule has 0 radical (unpaired) electrons. The van der Waals surface area contributed by atoms with Crippen LogP contribution in [0, 0.1) is 60.1 Å². The molecule has 13 aliphatic rings. The molecular formula is C92H148Cl2FN15O19. The van der Waals surface area contributed by atoms with Gasteiger partial charge in [-0.3, -0.25) is 38.4 Å². The van der Waals surface area contributed by atoms with Gasteiger partial charge in [0.1, 0.15) is 22.4 Å². The minimum absolute atomic E-state index is 0.0493. The molecule has 726 valence electrons. The van der Waals surface area contributed by atoms with Gasteiger partial charge in [-0.25, -0.2) is 33.5 Å². The molecule has 4 unspecified atom stereocenters. The molecule has 12 fully saturated rings. The number of rotatable bonds is 13. The zero-order valence-electron chi connectivity index (χ0n) is 78.7. The molecule has 1 aromatic carbocycles. The van der Waals surface area contributed by atoms with E-state index in [9.17, 15) is 61.9 Å². The summed E-state index contributed by atoms with van der Waals surface area (Å²) >= 11 is 9.53. The SMILES string of the molecule is C1=CCCC1.CC(C)(C)OC(=O)N1C(=O)C2CCC[C@H]21.CC(C)(C)OC(=O)N[C@@H]1CCC[C@@H]1C(N)=O.COC(=O)[C@H]1CCC[C@H]1NC(=O)OC(C)(C)C.COC(=O)[C@H]1CCC[C@H]1NC(=O)OC(C)(C)C.Cc1cc(Nc2ncc(F)c(N[C@@H]3CCC[C@@H]3C(N)=O)n2)ccc1N1CCN(C)CC1.ClCCl.N[C@H]1CCC[C@H]1C(=O)O.O=C1NC2CCCC12.O=C1N[C@@H]2CCCC12. The van der Waals surface area contributed by atoms with Crippen molar-refractivity contribution in [3.05, 3.63) is 47.9 Å². The topological polar surface area (TPSA) is 478 Å². The van der Waals surface area contributed by atoms with Gasteiger partial charge in [0.2, 0.25) is 35.5 Å². The van der Waals surface area contributed by atoms with Crippen LogP contribution >= 0.6 is 23.2 Å². The van der Waals surface area contributed by atoms with Crippen LogP contribution in [0.3, 0.4) is 0 Å². The van der Waals surface area contributed by atoms with Gasteiger partial charge in [-0.1, -0.05) is 63.5 Å². The monoisotopic (exact) mass is 1860 g/mol. The van der Waals surface area contributed by atoms with Gasteiger partial charge in [-0.2, -0.15) is 4.98 Å². The van der Waals surface area contributed by atoms with Gasteiger partial charge >= 0.3 is 42.3 Å². The number of halogens is 3. The van der Waals surface area contributed by atoms with Crippen molar-refractivity contribution in [3.63, 3.8) is 0 Å². The highest BCUT2D eigenvalue weighted by molar-refractivity contribution is 6.40. The summed E-state index contributed by atoms with van der Waals surface area (Å²) < 4.78 is 44.4. The maximum Gasteiger partial charge on any atom is 0.417 e. The molecule has 4 saturated heterocycles. The van der Waals surface area contributed by atoms with Gasteiger partial charge in [0.15, 0.2) is 11.6 Å². The van der Waals surface area contributed by atoms with Crippen LogP contribution in [0.15, 0.2) is 36.5 Å². The number of hydrogen-bond donors (Lipinski definition) is 11. The van der Waals surface area contributed by atoms with Crippen LogP contribution in [0.5, 0.6) is 0 Å². The fourth-order valence-corrected chi connectivity index (χ4v) is 17.9. The first-order valence-electron chi connectivity index (χ1n) is 45.9. The fraction of sp³-hybridized carbons (Fsp3) is 0.739. The second-order valence-corrected chi connectivity index (χ2v) is 39.8. The van der Waals surface area contributed by atoms with E-state index in [1.165, 1.54) is 69.8 Å². The van der Waals surface area contributed by atoms with E-state index in [0.717, 1.165) is 166 Å². The Morgan fingerprint density at radius 1 is 0.535 bits per heavy atom. The number of anilines is 4. The highest BCUT2D eigenvalue weighted by atomic mass is 35.5. The van der Waals surface area contributed by atoms with Crippen molar-refractivity contribution in [1.29, 1.82) is 0 Å². The first-order chi connectivity index (χ1) is 60.6. The Morgan fingerprint density at radius 2 is 0.938 bits per heavy atom. The van der Waals surface area contributed by atoms with Gasteiger partial charge < -0.3 is 97.7 Å². The molecule has 34 nitrogen and oxygen atoms in total. The number of amides is 9. The summed E-state index contributed by atoms with van der Waals surface area (Å²) in [7, 11) is 4.88. The van der Waals surface area contributed by atoms with Crippen LogP contribution in [-0.4, -0.2) is 220 Å². The lowest BCUT2D eigenvalue weighted by Gasteiger charge is -2.41. The Bertz CT molecular complexity index is 3960. The summed E-state index contributed by atoms with van der Waals surface area (Å²) in [5.41, 5.74) is 17.4. The van der Waals surface area contributed by atoms with Gasteiger partial charge in [-0.15, -0.1) is 23.2 Å². The van der Waals surface area contributed by atoms with Crippen LogP contribution in [0.2, 0.25) is 0 Å². The number of β-lactam (4-membered cyclic amide) rings is 3. The number of benzene rings is 1. The maximum absolute atomic E-state index is 14.3. The molecular weight excluding hydrogens is 1710 g/mol. The van der Waals surface area contributed by atoms with Crippen LogP contribution in [-0.2, 0) is 66.8 Å². The number of likely N-dealkylation sites (N-methyl/N-ethyl adjacent to an activating group) is 1. The van der Waals surface area contributed by atoms with E-state index in [0.29, 0.717) is 36.3 Å². The highest BCUT2D eigenvalue weighted by Crippen LogP contribution is 2.42. The summed E-state index contributed by atoms with van der Waals surface area (Å²) in [6.45, 7) is 27.8. The van der Waals surface area contributed by atoms with E-state index in [1.54, 1.807) is 83.1 Å². The predicted octanol–water partition coefficient (Wildman–Crippen LogP) is 13.2. The summed E-state index contributed by atoms with van der Waals surface area (Å²) in [5, 5.41) is 28.8. The number of aliphatic carboxylic acids is 1. The molecule has 2 aromatic rings. The molecule has 9 amide bonds. The lowest BCUT2D eigenvalue weighted by Crippen LogP contribution is -2.61. The Labute approximate surface area is 770 Å². The average Bonchev–Trinajstić information content (AvgIpc) is 1.63. The van der Waals surface area contributed by atoms with Gasteiger partial charge in [0.05, 0.1) is 79.1 Å². The first kappa shape index (κ1) is 109. The van der Waals surface area contributed by atoms with Crippen molar-refractivity contribution in [2.24, 2.45) is 64.5 Å². The number of alkyl halides is 2. The number of aryl methyl sites for hydroxylation is 1. The number of carboxylic acids is 1. The zero-order valence-corrected chi connectivity index (χ0v) is 80.2. The molecule has 15 rings (SSSR count). The molecule has 8 saturated carbocycles. The number of primary amides is 2. The number of likely N-dealkylation sites (tertiary alicyclic amines) is 1. The van der Waals surface area contributed by atoms with Crippen molar-refractivity contribution in [2.75, 3.05) is 68.3 Å². The van der Waals surface area contributed by atoms with Crippen molar-refractivity contribution in [1.82, 2.24) is 46.4 Å². The number of nitrogens with zero attached hydrogens (tertiary/aromatic N) is 5. The molecule has 37 heteroatoms. The number of nitrogens with one attached hydrogen (secondary N) is 7. The van der Waals surface area contributed by atoms with Gasteiger partial charge in [0, 0.05) is 79.8 Å². The number of methoxy groups -OCH3 is 2. The quantitative estimate of drug-likeness (QED) is 0.0292. The number of imide groups is 1. The molecule has 14 N–H and O–H groups in total. The van der Waals surface area contributed by atoms with Gasteiger partial charge in [0.25, 0.3) is 0 Å². The number of carbonyl (C=O) groups excluding carboxylic acids is 11. The third-order valence-electron chi connectivity index (χ3n) is 24.4. The van der Waals surface area contributed by atoms with E-state index in [2.05, 4.69) is 89.2 Å². The van der Waals surface area contributed by atoms with E-state index < -0.39 is 58.6 Å². The Morgan fingerprint density at radius 3 is 1.31 bits per heavy atom. The molecule has 5 heterocycles. The number of ether oxygens (including phenoxy) is 6. The number of hydrogen-bond acceptors (Lipinski definition) is 25. The Hall–Kier alpha value is -9.09. The number of fused-ring (bicyclic) bond motifs is 3. The molecule has 4 aliphatic heterocycles. The largest absolute Gasteiger partial charge is 0.481 e. The average molecular weight is 1860 g/mol. The summed E-state index contributed by atoms with van der Waals surface area (Å²) in [4.78, 5) is 150. The van der Waals surface area contributed by atoms with Crippen LogP contribution in [0.1, 0.15) is 262 Å². The first-order valence-corrected chi connectivity index (χ1v) is 47.0. The number of piperazine rings is 1. The number of nitrogens with two attached hydrogens (primary N) is 3. The van der Waals surface area contributed by atoms with Gasteiger partial charge in [-0.05, 0) is 243 Å². The summed E-state index contributed by atoms with van der Waals surface area (Å²) in [5.74, 6) is -2.03. The van der Waals surface area contributed by atoms with Crippen molar-refractivity contribution in [3.8, 4) is 0 Å². The highest BCUT2D eigenvalue weighted by Gasteiger charge is 2.54. The number of allylic oxidation sites excluding steroid dienone is 2. The van der Waals surface area contributed by atoms with Crippen molar-refractivity contribution >= 4 is 118 Å². The van der Waals surface area contributed by atoms with E-state index in [-0.39, 0.29) is 124 Å². The summed E-state index contributed by atoms with van der Waals surface area (Å²) in [6.07, 6.45) is 30.2. The predicted molar refractivity (Wildman–Crippen MR) is 490 cm³/mol. The fourth-order valence-electron chi connectivity index (χ4n) is 17.9. The molecule has 16 atom stereocenters. The van der Waals surface area contributed by atoms with Crippen LogP contribution in [0.25, 0.3) is 0 Å². The molecule has 0 spiro atoms. The number of alkyl carbamates (subject to hydrolysis) is 3. The number of aromatic nitrogens is 2. The zero-order chi connectivity index (χ0) is 95.8. The van der Waals surface area contributed by atoms with E-state index in [4.69, 9.17) is 73.9 Å². The van der Waals surface area contributed by atoms with Crippen LogP contribution < -0.4 is 59.3 Å². The molecule has 9 aliphatic carbocycles. The smallest absolute Gasteiger partial charge is 0.417 e. The Kier molecular flexibility index (Phi) is 43.5. The normalized spacial score (nSPS) is 26.9. The minimum atomic E-state index is -0.736. The van der Waals surface area contributed by atoms with E-state index in [1.807, 2.05) is 12.1 Å². The van der Waals surface area contributed by atoms with Crippen molar-refractivity contribution < 1.29 is 95.5 Å². The lowest BCUT2D eigenvalue weighted by molar-refractivity contribution is -0.151. The number of carboxylic acid groups (broad SMARTS) is 1. The third kappa shape index (κ3) is 36.2. The maximum atomic E-state index is 14.3. The standard InChI is InChI=1S/C22H30FN7O.2C12H21NO4.C11H20N2O3.C11H17NO3.C6H11NO2.2C6H9NO.C5H8.CH2Cl2/c1-14-12-15(6-7-19(14)30-10-8-29(2)9-11-30)26-22-25-13-17(23)21(28-22)27-18-5-3-4-16(18)20(24)31;2*1-12(2,3)17-11(15)13-9-7-5-6-8(9)10(14)16-4;1-11(2,3)16-10(15)13-8-6-4-5-7(8)9(12)14;1-11(2,3)15-10(14)12-8-6-4-5-7(8)9(12)13;7-5-3-1-2-4(5)6(8)9;2*8-6-4-2-1-3-5(4)7-6;1-2-4-5-3-1;2-1-3/h6-7,12-13,16,18H,3-5,8-11H2,1-2H3,(H2,24,31)(H2,25,26,27,28);2*8-9H,5-7H2,1-4H3,(H,13,15);7-8H,4-6H2,1-3H3,(H2,12,14)(H,13,15);7-8H,4-6H2,1-3H3;4-5H,1-3,7H2,(H,8,9);2*4-5H,1-3H2,(H,7,8);1-2H,3-5H2;1H2/t16-,18+;2*8-,9+;7-,8+;7?,8-;4-,5+;4?,5-;;;/m0000111.../s1. The van der Waals surface area contributed by atoms with Crippen LogP contribution in [0.4, 0.5) is 46.7 Å². The number of esters is 2.